The topological polar surface area (TPSA) is 94.4 Å². The molecule has 1 N–H and O–H groups in total. The zero-order chi connectivity index (χ0) is 25.4. The summed E-state index contributed by atoms with van der Waals surface area (Å²) in [5.41, 5.74) is 2.97. The van der Waals surface area contributed by atoms with Crippen LogP contribution < -0.4 is 0 Å². The summed E-state index contributed by atoms with van der Waals surface area (Å²) in [6.07, 6.45) is 2.23. The lowest BCUT2D eigenvalue weighted by molar-refractivity contribution is -0.384. The Hall–Kier alpha value is -3.54. The lowest BCUT2D eigenvalue weighted by Gasteiger charge is -2.41. The van der Waals surface area contributed by atoms with E-state index >= 15 is 0 Å². The van der Waals surface area contributed by atoms with Crippen LogP contribution in [0.2, 0.25) is 0 Å². The highest BCUT2D eigenvalue weighted by atomic mass is 19.2. The molecule has 1 unspecified atom stereocenters. The van der Waals surface area contributed by atoms with Crippen LogP contribution in [0.5, 0.6) is 0 Å². The van der Waals surface area contributed by atoms with E-state index in [9.17, 15) is 18.9 Å². The van der Waals surface area contributed by atoms with Gasteiger partial charge >= 0.3 is 0 Å². The number of nitrogens with zero attached hydrogens (tertiary/aromatic N) is 6. The maximum Gasteiger partial charge on any atom is 0.270 e. The summed E-state index contributed by atoms with van der Waals surface area (Å²) < 4.78 is 26.7. The predicted octanol–water partition coefficient (Wildman–Crippen LogP) is 3.72. The summed E-state index contributed by atoms with van der Waals surface area (Å²) in [5.74, 6) is -1.00. The highest BCUT2D eigenvalue weighted by Gasteiger charge is 2.29. The number of halogens is 2. The Morgan fingerprint density at radius 1 is 1.08 bits per heavy atom. The smallest absolute Gasteiger partial charge is 0.270 e. The second kappa shape index (κ2) is 9.84. The van der Waals surface area contributed by atoms with Crippen molar-refractivity contribution in [2.75, 3.05) is 46.8 Å². The van der Waals surface area contributed by atoms with Gasteiger partial charge in [0.15, 0.2) is 17.5 Å². The molecular formula is C25H27F2N7O2. The van der Waals surface area contributed by atoms with Gasteiger partial charge in [-0.1, -0.05) is 6.07 Å². The van der Waals surface area contributed by atoms with Crippen molar-refractivity contribution in [3.05, 3.63) is 75.7 Å². The number of piperazine rings is 1. The van der Waals surface area contributed by atoms with Gasteiger partial charge in [-0.05, 0) is 44.3 Å². The van der Waals surface area contributed by atoms with Gasteiger partial charge in [-0.3, -0.25) is 19.9 Å². The number of non-ortho nitro benzene ring substituents is 1. The number of rotatable bonds is 7. The van der Waals surface area contributed by atoms with Crippen LogP contribution in [0.3, 0.4) is 0 Å². The summed E-state index contributed by atoms with van der Waals surface area (Å²) in [4.78, 5) is 30.3. The van der Waals surface area contributed by atoms with Gasteiger partial charge in [-0.25, -0.2) is 18.7 Å². The van der Waals surface area contributed by atoms with Crippen molar-refractivity contribution in [2.45, 2.75) is 12.6 Å². The number of aromatic amines is 1. The quantitative estimate of drug-likeness (QED) is 0.309. The van der Waals surface area contributed by atoms with Crippen LogP contribution in [-0.4, -0.2) is 81.4 Å². The van der Waals surface area contributed by atoms with Crippen molar-refractivity contribution in [3.63, 3.8) is 0 Å². The van der Waals surface area contributed by atoms with E-state index in [0.29, 0.717) is 23.1 Å². The van der Waals surface area contributed by atoms with E-state index < -0.39 is 16.6 Å². The molecule has 0 radical (unpaired) electrons. The molecule has 4 aromatic rings. The first-order chi connectivity index (χ1) is 17.3. The second-order valence-electron chi connectivity index (χ2n) is 9.32. The standard InChI is InChI=1S/C25H27F2N7O2/c1-31(2)25(33-11-9-32(10-12-33)8-7-16-3-5-19(26)20(27)13-16)24-28-15-22-23(30-24)18-14-17(34(35)36)4-6-21(18)29-22/h3-6,13-15,25,29H,7-12H2,1-2H3. The van der Waals surface area contributed by atoms with Gasteiger partial charge in [0.25, 0.3) is 5.69 Å². The van der Waals surface area contributed by atoms with Crippen molar-refractivity contribution in [1.29, 1.82) is 0 Å². The third-order valence-corrected chi connectivity index (χ3v) is 6.72. The number of benzene rings is 2. The Bertz CT molecular complexity index is 1420. The van der Waals surface area contributed by atoms with Gasteiger partial charge in [-0.2, -0.15) is 0 Å². The summed E-state index contributed by atoms with van der Waals surface area (Å²) in [6.45, 7) is 4.01. The maximum atomic E-state index is 13.5. The fraction of sp³-hybridized carbons (Fsp3) is 0.360. The van der Waals surface area contributed by atoms with E-state index in [4.69, 9.17) is 4.98 Å². The minimum absolute atomic E-state index is 0.0206. The van der Waals surface area contributed by atoms with E-state index in [1.807, 2.05) is 14.1 Å². The SMILES string of the molecule is CN(C)C(c1ncc2[nH]c3ccc([N+](=O)[O-])cc3c2n1)N1CCN(CCc2ccc(F)c(F)c2)CC1. The van der Waals surface area contributed by atoms with Gasteiger partial charge in [0, 0.05) is 55.8 Å². The first kappa shape index (κ1) is 24.2. The van der Waals surface area contributed by atoms with Crippen molar-refractivity contribution < 1.29 is 13.7 Å². The lowest BCUT2D eigenvalue weighted by atomic mass is 10.1. The normalized spacial score (nSPS) is 16.2. The molecule has 1 atom stereocenters. The fourth-order valence-corrected chi connectivity index (χ4v) is 4.85. The molecule has 188 valence electrons. The zero-order valence-corrected chi connectivity index (χ0v) is 20.1. The Morgan fingerprint density at radius 2 is 1.86 bits per heavy atom. The number of hydrogen-bond donors (Lipinski definition) is 1. The van der Waals surface area contributed by atoms with Crippen LogP contribution in [0, 0.1) is 21.7 Å². The van der Waals surface area contributed by atoms with Crippen LogP contribution in [0.1, 0.15) is 17.6 Å². The summed E-state index contributed by atoms with van der Waals surface area (Å²) in [6, 6.07) is 8.77. The van der Waals surface area contributed by atoms with Crippen molar-refractivity contribution >= 4 is 27.6 Å². The molecule has 0 amide bonds. The molecular weight excluding hydrogens is 468 g/mol. The first-order valence-electron chi connectivity index (χ1n) is 11.8. The highest BCUT2D eigenvalue weighted by Crippen LogP contribution is 2.29. The number of H-pyrrole nitrogens is 1. The van der Waals surface area contributed by atoms with Gasteiger partial charge in [0.1, 0.15) is 6.17 Å². The summed E-state index contributed by atoms with van der Waals surface area (Å²) >= 11 is 0. The molecule has 0 saturated carbocycles. The number of nitro groups is 1. The molecule has 0 spiro atoms. The van der Waals surface area contributed by atoms with Crippen LogP contribution in [-0.2, 0) is 6.42 Å². The van der Waals surface area contributed by atoms with E-state index in [1.54, 1.807) is 24.4 Å². The minimum Gasteiger partial charge on any atom is -0.352 e. The first-order valence-corrected chi connectivity index (χ1v) is 11.8. The number of nitrogens with one attached hydrogen (secondary N) is 1. The molecule has 1 fully saturated rings. The van der Waals surface area contributed by atoms with Gasteiger partial charge in [0.05, 0.1) is 22.2 Å². The van der Waals surface area contributed by atoms with Crippen LogP contribution in [0.4, 0.5) is 14.5 Å². The molecule has 9 nitrogen and oxygen atoms in total. The Balaban J connectivity index is 1.31. The number of nitro benzene ring substituents is 1. The fourth-order valence-electron chi connectivity index (χ4n) is 4.85. The Kier molecular flexibility index (Phi) is 6.61. The van der Waals surface area contributed by atoms with E-state index in [-0.39, 0.29) is 11.9 Å². The van der Waals surface area contributed by atoms with E-state index in [2.05, 4.69) is 24.7 Å². The molecule has 11 heteroatoms. The van der Waals surface area contributed by atoms with E-state index in [1.165, 1.54) is 18.2 Å². The van der Waals surface area contributed by atoms with Gasteiger partial charge in [-0.15, -0.1) is 0 Å². The minimum atomic E-state index is -0.826. The predicted molar refractivity (Wildman–Crippen MR) is 133 cm³/mol. The summed E-state index contributed by atoms with van der Waals surface area (Å²) in [5, 5.41) is 12.0. The highest BCUT2D eigenvalue weighted by molar-refractivity contribution is 6.05. The molecule has 0 aliphatic carbocycles. The zero-order valence-electron chi connectivity index (χ0n) is 20.1. The van der Waals surface area contributed by atoms with Crippen LogP contribution in [0.25, 0.3) is 21.9 Å². The van der Waals surface area contributed by atoms with Crippen molar-refractivity contribution in [3.8, 4) is 0 Å². The largest absolute Gasteiger partial charge is 0.352 e. The van der Waals surface area contributed by atoms with Crippen LogP contribution >= 0.6 is 0 Å². The second-order valence-corrected chi connectivity index (χ2v) is 9.32. The third kappa shape index (κ3) is 4.77. The Morgan fingerprint density at radius 3 is 2.56 bits per heavy atom. The van der Waals surface area contributed by atoms with Crippen LogP contribution in [0.15, 0.2) is 42.6 Å². The number of fused-ring (bicyclic) bond motifs is 3. The maximum absolute atomic E-state index is 13.5. The van der Waals surface area contributed by atoms with E-state index in [0.717, 1.165) is 49.3 Å². The monoisotopic (exact) mass is 495 g/mol. The molecule has 3 heterocycles. The van der Waals surface area contributed by atoms with Gasteiger partial charge in [0.2, 0.25) is 0 Å². The molecule has 5 rings (SSSR count). The molecule has 1 aliphatic rings. The molecule has 1 saturated heterocycles. The van der Waals surface area contributed by atoms with Crippen molar-refractivity contribution in [2.24, 2.45) is 0 Å². The molecule has 0 bridgehead atoms. The number of aromatic nitrogens is 3. The molecule has 36 heavy (non-hydrogen) atoms. The lowest BCUT2D eigenvalue weighted by Crippen LogP contribution is -2.51. The van der Waals surface area contributed by atoms with Gasteiger partial charge < -0.3 is 9.88 Å². The number of hydrogen-bond acceptors (Lipinski definition) is 7. The molecule has 2 aromatic heterocycles. The Labute approximate surface area is 206 Å². The third-order valence-electron chi connectivity index (χ3n) is 6.72. The average molecular weight is 496 g/mol. The molecule has 2 aromatic carbocycles. The molecule has 1 aliphatic heterocycles. The summed E-state index contributed by atoms with van der Waals surface area (Å²) in [7, 11) is 3.96. The average Bonchev–Trinajstić information content (AvgIpc) is 3.23. The van der Waals surface area contributed by atoms with Crippen molar-refractivity contribution in [1.82, 2.24) is 29.7 Å².